The first-order chi connectivity index (χ1) is 8.27. The maximum absolute atomic E-state index is 11.7. The molecule has 0 aliphatic carbocycles. The van der Waals surface area contributed by atoms with Crippen LogP contribution < -0.4 is 0 Å². The van der Waals surface area contributed by atoms with Gasteiger partial charge in [0, 0.05) is 17.1 Å². The highest BCUT2D eigenvalue weighted by molar-refractivity contribution is 7.11. The number of thiazole rings is 1. The van der Waals surface area contributed by atoms with Crippen molar-refractivity contribution in [1.29, 1.82) is 0 Å². The zero-order chi connectivity index (χ0) is 12.1. The lowest BCUT2D eigenvalue weighted by atomic mass is 10.1. The molecule has 0 spiro atoms. The Hall–Kier alpha value is -2.07. The molecule has 0 atom stereocenters. The van der Waals surface area contributed by atoms with Crippen molar-refractivity contribution in [3.8, 4) is 0 Å². The monoisotopic (exact) mass is 243 g/mol. The molecule has 0 unspecified atom stereocenters. The summed E-state index contributed by atoms with van der Waals surface area (Å²) in [6.45, 7) is 0. The SMILES string of the molecule is O=C(C=CC(=O)c1nccs1)c1ccccc1. The summed E-state index contributed by atoms with van der Waals surface area (Å²) < 4.78 is 0. The number of rotatable bonds is 4. The van der Waals surface area contributed by atoms with E-state index in [1.54, 1.807) is 35.8 Å². The van der Waals surface area contributed by atoms with Gasteiger partial charge in [0.15, 0.2) is 10.8 Å². The van der Waals surface area contributed by atoms with Crippen LogP contribution in [0.1, 0.15) is 20.2 Å². The molecular weight excluding hydrogens is 234 g/mol. The van der Waals surface area contributed by atoms with Crippen LogP contribution in [0.25, 0.3) is 0 Å². The van der Waals surface area contributed by atoms with E-state index in [0.717, 1.165) is 0 Å². The lowest BCUT2D eigenvalue weighted by Crippen LogP contribution is -1.97. The molecule has 2 aromatic rings. The summed E-state index contributed by atoms with van der Waals surface area (Å²) in [5, 5.41) is 2.11. The van der Waals surface area contributed by atoms with Crippen molar-refractivity contribution >= 4 is 22.9 Å². The van der Waals surface area contributed by atoms with Gasteiger partial charge in [0.25, 0.3) is 0 Å². The largest absolute Gasteiger partial charge is 0.289 e. The number of carbonyl (C=O) groups is 2. The molecule has 0 N–H and O–H groups in total. The van der Waals surface area contributed by atoms with E-state index in [9.17, 15) is 9.59 Å². The normalized spacial score (nSPS) is 10.6. The Labute approximate surface area is 102 Å². The van der Waals surface area contributed by atoms with Gasteiger partial charge in [0.05, 0.1) is 0 Å². The van der Waals surface area contributed by atoms with Gasteiger partial charge in [-0.05, 0) is 12.2 Å². The van der Waals surface area contributed by atoms with Crippen LogP contribution in [-0.2, 0) is 0 Å². The Morgan fingerprint density at radius 1 is 1.06 bits per heavy atom. The molecule has 3 nitrogen and oxygen atoms in total. The molecule has 1 heterocycles. The van der Waals surface area contributed by atoms with E-state index in [-0.39, 0.29) is 11.6 Å². The summed E-state index contributed by atoms with van der Waals surface area (Å²) in [5.41, 5.74) is 0.565. The molecule has 0 saturated heterocycles. The molecular formula is C13H9NO2S. The standard InChI is InChI=1S/C13H9NO2S/c15-11(10-4-2-1-3-5-10)6-7-12(16)13-14-8-9-17-13/h1-9H. The summed E-state index contributed by atoms with van der Waals surface area (Å²) in [6, 6.07) is 8.82. The zero-order valence-electron chi connectivity index (χ0n) is 8.87. The number of hydrogen-bond donors (Lipinski definition) is 0. The van der Waals surface area contributed by atoms with Crippen LogP contribution in [0.3, 0.4) is 0 Å². The molecule has 1 aromatic carbocycles. The van der Waals surface area contributed by atoms with E-state index in [1.807, 2.05) is 6.07 Å². The molecule has 84 valence electrons. The quantitative estimate of drug-likeness (QED) is 0.612. The molecule has 0 aliphatic rings. The first-order valence-corrected chi connectivity index (χ1v) is 5.86. The highest BCUT2D eigenvalue weighted by Gasteiger charge is 2.05. The number of carbonyl (C=O) groups excluding carboxylic acids is 2. The maximum Gasteiger partial charge on any atom is 0.214 e. The number of ketones is 2. The summed E-state index contributed by atoms with van der Waals surface area (Å²) in [4.78, 5) is 27.1. The Balaban J connectivity index is 2.07. The fraction of sp³-hybridized carbons (Fsp3) is 0. The van der Waals surface area contributed by atoms with Crippen LogP contribution in [0.2, 0.25) is 0 Å². The first kappa shape index (κ1) is 11.4. The fourth-order valence-corrected chi connectivity index (χ4v) is 1.82. The third-order valence-electron chi connectivity index (χ3n) is 2.09. The van der Waals surface area contributed by atoms with Gasteiger partial charge in [0.1, 0.15) is 0 Å². The Morgan fingerprint density at radius 2 is 1.76 bits per heavy atom. The smallest absolute Gasteiger partial charge is 0.214 e. The first-order valence-electron chi connectivity index (χ1n) is 4.98. The van der Waals surface area contributed by atoms with Gasteiger partial charge in [-0.1, -0.05) is 30.3 Å². The van der Waals surface area contributed by atoms with Gasteiger partial charge in [0.2, 0.25) is 5.78 Å². The average molecular weight is 243 g/mol. The number of nitrogens with zero attached hydrogens (tertiary/aromatic N) is 1. The predicted molar refractivity (Wildman–Crippen MR) is 66.4 cm³/mol. The van der Waals surface area contributed by atoms with E-state index in [4.69, 9.17) is 0 Å². The van der Waals surface area contributed by atoms with Gasteiger partial charge in [-0.15, -0.1) is 11.3 Å². The summed E-state index contributed by atoms with van der Waals surface area (Å²) in [7, 11) is 0. The molecule has 2 rings (SSSR count). The molecule has 17 heavy (non-hydrogen) atoms. The predicted octanol–water partition coefficient (Wildman–Crippen LogP) is 2.76. The number of allylic oxidation sites excluding steroid dienone is 2. The minimum Gasteiger partial charge on any atom is -0.289 e. The van der Waals surface area contributed by atoms with E-state index < -0.39 is 0 Å². The lowest BCUT2D eigenvalue weighted by molar-refractivity contribution is 0.102. The van der Waals surface area contributed by atoms with E-state index in [0.29, 0.717) is 10.6 Å². The molecule has 0 saturated carbocycles. The van der Waals surface area contributed by atoms with Crippen LogP contribution in [0.5, 0.6) is 0 Å². The molecule has 4 heteroatoms. The molecule has 0 fully saturated rings. The maximum atomic E-state index is 11.7. The van der Waals surface area contributed by atoms with Crippen molar-refractivity contribution in [3.63, 3.8) is 0 Å². The minimum absolute atomic E-state index is 0.185. The van der Waals surface area contributed by atoms with Crippen molar-refractivity contribution in [2.75, 3.05) is 0 Å². The third-order valence-corrected chi connectivity index (χ3v) is 2.88. The van der Waals surface area contributed by atoms with Crippen LogP contribution in [0.4, 0.5) is 0 Å². The van der Waals surface area contributed by atoms with E-state index in [1.165, 1.54) is 23.5 Å². The lowest BCUT2D eigenvalue weighted by Gasteiger charge is -1.93. The van der Waals surface area contributed by atoms with Crippen molar-refractivity contribution in [3.05, 3.63) is 64.6 Å². The fourth-order valence-electron chi connectivity index (χ4n) is 1.27. The summed E-state index contributed by atoms with van der Waals surface area (Å²) in [6.07, 6.45) is 4.10. The van der Waals surface area contributed by atoms with Crippen LogP contribution >= 0.6 is 11.3 Å². The molecule has 0 bridgehead atoms. The molecule has 0 aliphatic heterocycles. The number of aromatic nitrogens is 1. The van der Waals surface area contributed by atoms with Gasteiger partial charge in [-0.3, -0.25) is 9.59 Å². The van der Waals surface area contributed by atoms with Crippen LogP contribution in [-0.4, -0.2) is 16.6 Å². The Bertz CT molecular complexity index is 544. The number of hydrogen-bond acceptors (Lipinski definition) is 4. The van der Waals surface area contributed by atoms with Gasteiger partial charge in [-0.25, -0.2) is 4.98 Å². The Kier molecular flexibility index (Phi) is 3.57. The molecule has 1 aromatic heterocycles. The van der Waals surface area contributed by atoms with Crippen LogP contribution in [0, 0.1) is 0 Å². The third kappa shape index (κ3) is 2.95. The highest BCUT2D eigenvalue weighted by Crippen LogP contribution is 2.06. The highest BCUT2D eigenvalue weighted by atomic mass is 32.1. The molecule has 0 amide bonds. The second kappa shape index (κ2) is 5.32. The summed E-state index contributed by atoms with van der Waals surface area (Å²) >= 11 is 1.26. The Morgan fingerprint density at radius 3 is 2.41 bits per heavy atom. The van der Waals surface area contributed by atoms with Crippen molar-refractivity contribution in [2.45, 2.75) is 0 Å². The van der Waals surface area contributed by atoms with Gasteiger partial charge in [-0.2, -0.15) is 0 Å². The topological polar surface area (TPSA) is 47.0 Å². The van der Waals surface area contributed by atoms with Crippen molar-refractivity contribution in [2.24, 2.45) is 0 Å². The molecule has 0 radical (unpaired) electrons. The average Bonchev–Trinajstić information content (AvgIpc) is 2.90. The summed E-state index contributed by atoms with van der Waals surface area (Å²) in [5.74, 6) is -0.431. The van der Waals surface area contributed by atoms with Crippen LogP contribution in [0.15, 0.2) is 54.1 Å². The van der Waals surface area contributed by atoms with Crippen molar-refractivity contribution in [1.82, 2.24) is 4.98 Å². The minimum atomic E-state index is -0.246. The second-order valence-corrected chi connectivity index (χ2v) is 4.16. The number of benzene rings is 1. The second-order valence-electron chi connectivity index (χ2n) is 3.27. The zero-order valence-corrected chi connectivity index (χ0v) is 9.68. The van der Waals surface area contributed by atoms with Gasteiger partial charge < -0.3 is 0 Å². The van der Waals surface area contributed by atoms with Gasteiger partial charge >= 0.3 is 0 Å². The van der Waals surface area contributed by atoms with E-state index >= 15 is 0 Å². The van der Waals surface area contributed by atoms with Crippen molar-refractivity contribution < 1.29 is 9.59 Å². The van der Waals surface area contributed by atoms with E-state index in [2.05, 4.69) is 4.98 Å².